The van der Waals surface area contributed by atoms with Gasteiger partial charge in [0.2, 0.25) is 5.91 Å². The highest BCUT2D eigenvalue weighted by molar-refractivity contribution is 5.95. The zero-order valence-corrected chi connectivity index (χ0v) is 20.2. The maximum atomic E-state index is 12.8. The summed E-state index contributed by atoms with van der Waals surface area (Å²) in [6, 6.07) is 0. The second-order valence-electron chi connectivity index (χ2n) is 9.35. The van der Waals surface area contributed by atoms with Crippen LogP contribution >= 0.6 is 0 Å². The molecule has 0 radical (unpaired) electrons. The SMILES string of the molecule is C/C=C\C=C(/C)OCCN1CCC(CCC(=O)/C(C)=C/C2=C3CCCN3C(=O)CC2)CC1. The normalized spacial score (nSPS) is 21.6. The number of hydrogen-bond donors (Lipinski definition) is 0. The number of amides is 1. The minimum Gasteiger partial charge on any atom is -0.497 e. The van der Waals surface area contributed by atoms with E-state index in [2.05, 4.69) is 11.0 Å². The third-order valence-corrected chi connectivity index (χ3v) is 6.98. The summed E-state index contributed by atoms with van der Waals surface area (Å²) >= 11 is 0. The number of ketones is 1. The van der Waals surface area contributed by atoms with Gasteiger partial charge >= 0.3 is 0 Å². The molecule has 0 atom stereocenters. The minimum atomic E-state index is 0.247. The fourth-order valence-electron chi connectivity index (χ4n) is 4.95. The van der Waals surface area contributed by atoms with Crippen LogP contribution in [0.4, 0.5) is 0 Å². The number of piperidine rings is 1. The van der Waals surface area contributed by atoms with Crippen molar-refractivity contribution in [2.45, 2.75) is 72.1 Å². The van der Waals surface area contributed by atoms with E-state index >= 15 is 0 Å². The van der Waals surface area contributed by atoms with Crippen LogP contribution in [0.1, 0.15) is 72.1 Å². The molecule has 0 aromatic rings. The van der Waals surface area contributed by atoms with Crippen molar-refractivity contribution in [3.05, 3.63) is 46.9 Å². The molecule has 2 fully saturated rings. The molecule has 0 aromatic carbocycles. The summed E-state index contributed by atoms with van der Waals surface area (Å²) in [5.41, 5.74) is 3.22. The molecule has 0 aromatic heterocycles. The Morgan fingerprint density at radius 2 is 1.91 bits per heavy atom. The fourth-order valence-corrected chi connectivity index (χ4v) is 4.95. The van der Waals surface area contributed by atoms with E-state index in [0.29, 0.717) is 18.8 Å². The first-order valence-electron chi connectivity index (χ1n) is 12.4. The number of likely N-dealkylation sites (tertiary alicyclic amines) is 1. The van der Waals surface area contributed by atoms with Crippen molar-refractivity contribution >= 4 is 11.7 Å². The molecular weight excluding hydrogens is 400 g/mol. The molecule has 32 heavy (non-hydrogen) atoms. The highest BCUT2D eigenvalue weighted by Gasteiger charge is 2.29. The van der Waals surface area contributed by atoms with Crippen molar-refractivity contribution < 1.29 is 14.3 Å². The molecule has 0 N–H and O–H groups in total. The van der Waals surface area contributed by atoms with Gasteiger partial charge in [-0.2, -0.15) is 0 Å². The molecule has 0 unspecified atom stereocenters. The first-order valence-corrected chi connectivity index (χ1v) is 12.4. The summed E-state index contributed by atoms with van der Waals surface area (Å²) in [4.78, 5) is 29.2. The van der Waals surface area contributed by atoms with Crippen LogP contribution in [0.15, 0.2) is 46.9 Å². The minimum absolute atomic E-state index is 0.247. The van der Waals surface area contributed by atoms with Crippen LogP contribution in [0.5, 0.6) is 0 Å². The third-order valence-electron chi connectivity index (χ3n) is 6.98. The highest BCUT2D eigenvalue weighted by atomic mass is 16.5. The molecule has 2 saturated heterocycles. The van der Waals surface area contributed by atoms with E-state index in [4.69, 9.17) is 4.74 Å². The quantitative estimate of drug-likeness (QED) is 0.267. The molecule has 3 rings (SSSR count). The first-order chi connectivity index (χ1) is 15.5. The van der Waals surface area contributed by atoms with E-state index in [1.54, 1.807) is 0 Å². The fraction of sp³-hybridized carbons (Fsp3) is 0.630. The van der Waals surface area contributed by atoms with E-state index in [-0.39, 0.29) is 11.7 Å². The summed E-state index contributed by atoms with van der Waals surface area (Å²) in [7, 11) is 0. The Balaban J connectivity index is 1.38. The third kappa shape index (κ3) is 6.93. The molecular formula is C27H40N2O3. The topological polar surface area (TPSA) is 49.9 Å². The van der Waals surface area contributed by atoms with E-state index < -0.39 is 0 Å². The molecule has 0 aliphatic carbocycles. The van der Waals surface area contributed by atoms with E-state index in [1.807, 2.05) is 43.9 Å². The molecule has 1 amide bonds. The average molecular weight is 441 g/mol. The number of fused-ring (bicyclic) bond motifs is 1. The van der Waals surface area contributed by atoms with E-state index in [0.717, 1.165) is 88.3 Å². The Bertz CT molecular complexity index is 798. The predicted octanol–water partition coefficient (Wildman–Crippen LogP) is 5.16. The van der Waals surface area contributed by atoms with Crippen LogP contribution in [0.25, 0.3) is 0 Å². The summed E-state index contributed by atoms with van der Waals surface area (Å²) in [6.07, 6.45) is 15.4. The predicted molar refractivity (Wildman–Crippen MR) is 129 cm³/mol. The smallest absolute Gasteiger partial charge is 0.227 e. The lowest BCUT2D eigenvalue weighted by Gasteiger charge is -2.31. The van der Waals surface area contributed by atoms with Crippen LogP contribution in [0.2, 0.25) is 0 Å². The van der Waals surface area contributed by atoms with Gasteiger partial charge in [0.1, 0.15) is 6.61 Å². The number of hydrogen-bond acceptors (Lipinski definition) is 4. The molecule has 5 nitrogen and oxygen atoms in total. The largest absolute Gasteiger partial charge is 0.497 e. The lowest BCUT2D eigenvalue weighted by molar-refractivity contribution is -0.129. The van der Waals surface area contributed by atoms with Crippen molar-refractivity contribution in [1.82, 2.24) is 9.80 Å². The zero-order valence-electron chi connectivity index (χ0n) is 20.2. The summed E-state index contributed by atoms with van der Waals surface area (Å²) in [5, 5.41) is 0. The second-order valence-corrected chi connectivity index (χ2v) is 9.35. The van der Waals surface area contributed by atoms with Gasteiger partial charge in [0.15, 0.2) is 5.78 Å². The molecule has 5 heteroatoms. The Hall–Kier alpha value is -2.14. The molecule has 0 spiro atoms. The first kappa shape index (κ1) is 24.5. The van der Waals surface area contributed by atoms with Crippen LogP contribution < -0.4 is 0 Å². The molecule has 3 aliphatic heterocycles. The van der Waals surface area contributed by atoms with E-state index in [9.17, 15) is 9.59 Å². The van der Waals surface area contributed by atoms with Crippen LogP contribution in [-0.2, 0) is 14.3 Å². The van der Waals surface area contributed by atoms with Gasteiger partial charge in [-0.05, 0) is 95.5 Å². The number of ether oxygens (including phenoxy) is 1. The molecule has 3 heterocycles. The number of nitrogens with zero attached hydrogens (tertiary/aromatic N) is 2. The number of allylic oxidation sites excluding steroid dienone is 8. The van der Waals surface area contributed by atoms with Gasteiger partial charge in [-0.15, -0.1) is 0 Å². The Labute approximate surface area is 193 Å². The molecule has 0 bridgehead atoms. The maximum absolute atomic E-state index is 12.8. The number of Topliss-reactive ketones (excluding diaryl/α,β-unsaturated/α-hetero) is 1. The molecule has 3 aliphatic rings. The Kier molecular flexibility index (Phi) is 9.34. The van der Waals surface area contributed by atoms with Crippen molar-refractivity contribution in [3.8, 4) is 0 Å². The second kappa shape index (κ2) is 12.2. The number of rotatable bonds is 10. The van der Waals surface area contributed by atoms with Crippen molar-refractivity contribution in [2.24, 2.45) is 5.92 Å². The van der Waals surface area contributed by atoms with E-state index in [1.165, 1.54) is 5.57 Å². The van der Waals surface area contributed by atoms with Gasteiger partial charge in [0, 0.05) is 31.6 Å². The summed E-state index contributed by atoms with van der Waals surface area (Å²) in [5.74, 6) is 2.10. The van der Waals surface area contributed by atoms with Crippen LogP contribution in [0, 0.1) is 5.92 Å². The summed E-state index contributed by atoms with van der Waals surface area (Å²) in [6.45, 7) is 10.7. The highest BCUT2D eigenvalue weighted by Crippen LogP contribution is 2.33. The van der Waals surface area contributed by atoms with Gasteiger partial charge in [0.25, 0.3) is 0 Å². The van der Waals surface area contributed by atoms with Gasteiger partial charge in [-0.1, -0.05) is 18.2 Å². The van der Waals surface area contributed by atoms with Crippen molar-refractivity contribution in [3.63, 3.8) is 0 Å². The maximum Gasteiger partial charge on any atom is 0.227 e. The van der Waals surface area contributed by atoms with Crippen molar-refractivity contribution in [1.29, 1.82) is 0 Å². The average Bonchev–Trinajstić information content (AvgIpc) is 3.30. The summed E-state index contributed by atoms with van der Waals surface area (Å²) < 4.78 is 5.77. The van der Waals surface area contributed by atoms with Gasteiger partial charge in [-0.3, -0.25) is 14.5 Å². The lowest BCUT2D eigenvalue weighted by atomic mass is 9.90. The number of carbonyl (C=O) groups excluding carboxylic acids is 2. The van der Waals surface area contributed by atoms with Gasteiger partial charge in [0.05, 0.1) is 5.76 Å². The Morgan fingerprint density at radius 1 is 1.12 bits per heavy atom. The number of carbonyl (C=O) groups is 2. The van der Waals surface area contributed by atoms with Crippen molar-refractivity contribution in [2.75, 3.05) is 32.8 Å². The van der Waals surface area contributed by atoms with Gasteiger partial charge < -0.3 is 9.64 Å². The molecule has 176 valence electrons. The molecule has 0 saturated carbocycles. The van der Waals surface area contributed by atoms with Crippen LogP contribution in [-0.4, -0.2) is 54.3 Å². The Morgan fingerprint density at radius 3 is 2.66 bits per heavy atom. The van der Waals surface area contributed by atoms with Gasteiger partial charge in [-0.25, -0.2) is 0 Å². The monoisotopic (exact) mass is 440 g/mol. The standard InChI is InChI=1S/C27H40N2O3/c1-4-5-7-22(3)32-19-18-28-16-13-23(14-17-28)9-11-26(30)21(2)20-24-10-12-27(31)29-15-6-8-25(24)29/h4-5,7,20,23H,6,8-19H2,1-3H3/b5-4-,21-20+,22-7+. The zero-order chi connectivity index (χ0) is 22.9. The lowest BCUT2D eigenvalue weighted by Crippen LogP contribution is -2.36. The van der Waals surface area contributed by atoms with Crippen LogP contribution in [0.3, 0.4) is 0 Å².